The number of alkyl halides is 1. The van der Waals surface area contributed by atoms with Crippen molar-refractivity contribution in [2.45, 2.75) is 78.7 Å². The van der Waals surface area contributed by atoms with Crippen molar-refractivity contribution in [2.75, 3.05) is 11.9 Å². The highest BCUT2D eigenvalue weighted by Crippen LogP contribution is 2.29. The van der Waals surface area contributed by atoms with Crippen LogP contribution in [-0.2, 0) is 23.4 Å². The molecule has 42 heavy (non-hydrogen) atoms. The smallest absolute Gasteiger partial charge is 0.410 e. The van der Waals surface area contributed by atoms with E-state index in [1.165, 1.54) is 35.5 Å². The van der Waals surface area contributed by atoms with Crippen LogP contribution in [0.1, 0.15) is 71.3 Å². The SMILES string of the molecule is CC(C)n1c(=O)c2cnc(Nc3ccc4c(c3)CCN(C(=O)OC(C)(C)C)C4)nc2n1-c1ccc(F)c(C(C)(C)F)n1. The molecule has 0 atom stereocenters. The molecule has 12 heteroatoms. The minimum absolute atomic E-state index is 0.158. The van der Waals surface area contributed by atoms with Crippen molar-refractivity contribution in [3.63, 3.8) is 0 Å². The van der Waals surface area contributed by atoms with Crippen molar-refractivity contribution in [3.05, 3.63) is 69.5 Å². The van der Waals surface area contributed by atoms with E-state index in [4.69, 9.17) is 4.74 Å². The molecule has 0 unspecified atom stereocenters. The minimum Gasteiger partial charge on any atom is -0.444 e. The second kappa shape index (κ2) is 10.5. The standard InChI is InChI=1S/C30H35F2N7O3/c1-17(2)38-26(40)21-15-33-27(36-25(21)39(38)23-11-10-22(31)24(35-23)30(6,7)32)34-20-9-8-19-16-37(13-12-18(19)14-20)28(41)42-29(3,4)5/h8-11,14-15,17H,12-13,16H2,1-7H3,(H,33,34,36). The van der Waals surface area contributed by atoms with E-state index in [0.717, 1.165) is 22.9 Å². The summed E-state index contributed by atoms with van der Waals surface area (Å²) < 4.78 is 37.7. The summed E-state index contributed by atoms with van der Waals surface area (Å²) in [6.07, 6.45) is 1.75. The van der Waals surface area contributed by atoms with Gasteiger partial charge in [-0.2, -0.15) is 4.98 Å². The number of hydrogen-bond acceptors (Lipinski definition) is 7. The van der Waals surface area contributed by atoms with Crippen LogP contribution in [0.4, 0.5) is 25.2 Å². The molecule has 10 nitrogen and oxygen atoms in total. The van der Waals surface area contributed by atoms with Crippen LogP contribution in [0.15, 0.2) is 41.3 Å². The summed E-state index contributed by atoms with van der Waals surface area (Å²) in [5, 5.41) is 3.44. The first-order valence-electron chi connectivity index (χ1n) is 13.9. The highest BCUT2D eigenvalue weighted by atomic mass is 19.1. The third-order valence-corrected chi connectivity index (χ3v) is 6.85. The zero-order valence-electron chi connectivity index (χ0n) is 24.8. The Bertz CT molecular complexity index is 1730. The number of nitrogens with one attached hydrogen (secondary N) is 1. The molecule has 0 aliphatic carbocycles. The minimum atomic E-state index is -2.04. The van der Waals surface area contributed by atoms with Crippen LogP contribution in [0, 0.1) is 5.82 Å². The highest BCUT2D eigenvalue weighted by molar-refractivity contribution is 5.77. The van der Waals surface area contributed by atoms with Gasteiger partial charge in [-0.05, 0) is 90.3 Å². The van der Waals surface area contributed by atoms with E-state index in [-0.39, 0.29) is 46.2 Å². The molecule has 222 valence electrons. The Kier molecular flexibility index (Phi) is 7.28. The number of carbonyl (C=O) groups excluding carboxylic acids is 1. The molecule has 0 saturated carbocycles. The summed E-state index contributed by atoms with van der Waals surface area (Å²) in [6.45, 7) is 12.6. The molecule has 0 fully saturated rings. The van der Waals surface area contributed by atoms with E-state index in [1.54, 1.807) is 4.90 Å². The molecule has 0 bridgehead atoms. The fourth-order valence-corrected chi connectivity index (χ4v) is 4.95. The van der Waals surface area contributed by atoms with Crippen LogP contribution in [0.2, 0.25) is 0 Å². The van der Waals surface area contributed by atoms with Gasteiger partial charge in [-0.25, -0.2) is 32.9 Å². The molecule has 0 radical (unpaired) electrons. The first-order chi connectivity index (χ1) is 19.6. The summed E-state index contributed by atoms with van der Waals surface area (Å²) >= 11 is 0. The molecule has 3 aromatic heterocycles. The maximum absolute atomic E-state index is 14.8. The van der Waals surface area contributed by atoms with Crippen molar-refractivity contribution in [2.24, 2.45) is 0 Å². The number of anilines is 2. The van der Waals surface area contributed by atoms with Gasteiger partial charge in [-0.15, -0.1) is 0 Å². The first kappa shape index (κ1) is 29.2. The number of fused-ring (bicyclic) bond motifs is 2. The van der Waals surface area contributed by atoms with E-state index in [2.05, 4.69) is 20.3 Å². The lowest BCUT2D eigenvalue weighted by Crippen LogP contribution is -2.39. The van der Waals surface area contributed by atoms with Crippen molar-refractivity contribution >= 4 is 28.8 Å². The third kappa shape index (κ3) is 5.70. The van der Waals surface area contributed by atoms with Crippen LogP contribution in [0.5, 0.6) is 0 Å². The summed E-state index contributed by atoms with van der Waals surface area (Å²) in [5.41, 5.74) is -0.225. The van der Waals surface area contributed by atoms with Crippen molar-refractivity contribution < 1.29 is 18.3 Å². The monoisotopic (exact) mass is 579 g/mol. The van der Waals surface area contributed by atoms with Gasteiger partial charge in [-0.3, -0.25) is 4.79 Å². The van der Waals surface area contributed by atoms with E-state index in [0.29, 0.717) is 19.5 Å². The summed E-state index contributed by atoms with van der Waals surface area (Å²) in [6, 6.07) is 8.02. The zero-order valence-corrected chi connectivity index (χ0v) is 24.8. The van der Waals surface area contributed by atoms with E-state index in [1.807, 2.05) is 52.8 Å². The molecule has 1 N–H and O–H groups in total. The van der Waals surface area contributed by atoms with Gasteiger partial charge in [0.15, 0.2) is 11.5 Å². The topological polar surface area (TPSA) is 107 Å². The van der Waals surface area contributed by atoms with Gasteiger partial charge < -0.3 is 15.0 Å². The zero-order chi connectivity index (χ0) is 30.6. The predicted octanol–water partition coefficient (Wildman–Crippen LogP) is 5.94. The molecular weight excluding hydrogens is 544 g/mol. The predicted molar refractivity (Wildman–Crippen MR) is 155 cm³/mol. The summed E-state index contributed by atoms with van der Waals surface area (Å²) in [5.74, 6) is -0.387. The third-order valence-electron chi connectivity index (χ3n) is 6.85. The van der Waals surface area contributed by atoms with Crippen LogP contribution >= 0.6 is 0 Å². The molecular formula is C30H35F2N7O3. The van der Waals surface area contributed by atoms with Crippen molar-refractivity contribution in [1.82, 2.24) is 29.2 Å². The molecule has 4 heterocycles. The maximum atomic E-state index is 14.8. The van der Waals surface area contributed by atoms with Crippen LogP contribution in [-0.4, -0.2) is 47.5 Å². The number of rotatable bonds is 5. The van der Waals surface area contributed by atoms with Gasteiger partial charge in [0.05, 0.1) is 0 Å². The lowest BCUT2D eigenvalue weighted by molar-refractivity contribution is 0.0224. The molecule has 1 amide bonds. The Labute approximate surface area is 242 Å². The van der Waals surface area contributed by atoms with Gasteiger partial charge >= 0.3 is 6.09 Å². The van der Waals surface area contributed by atoms with Crippen molar-refractivity contribution in [1.29, 1.82) is 0 Å². The second-order valence-corrected chi connectivity index (χ2v) is 12.2. The number of ether oxygens (including phenoxy) is 1. The molecule has 0 spiro atoms. The normalized spacial score (nSPS) is 13.9. The number of nitrogens with zero attached hydrogens (tertiary/aromatic N) is 6. The molecule has 5 rings (SSSR count). The highest BCUT2D eigenvalue weighted by Gasteiger charge is 2.28. The van der Waals surface area contributed by atoms with Crippen molar-refractivity contribution in [3.8, 4) is 5.82 Å². The molecule has 4 aromatic rings. The Hall–Kier alpha value is -4.35. The maximum Gasteiger partial charge on any atom is 0.410 e. The number of halogens is 2. The van der Waals surface area contributed by atoms with E-state index >= 15 is 0 Å². The fraction of sp³-hybridized carbons (Fsp3) is 0.433. The molecule has 1 aromatic carbocycles. The first-order valence-corrected chi connectivity index (χ1v) is 13.9. The lowest BCUT2D eigenvalue weighted by Gasteiger charge is -2.31. The Morgan fingerprint density at radius 2 is 1.81 bits per heavy atom. The van der Waals surface area contributed by atoms with Gasteiger partial charge in [0.2, 0.25) is 5.95 Å². The molecule has 1 aliphatic heterocycles. The van der Waals surface area contributed by atoms with Gasteiger partial charge in [-0.1, -0.05) is 6.07 Å². The summed E-state index contributed by atoms with van der Waals surface area (Å²) in [4.78, 5) is 40.8. The Morgan fingerprint density at radius 1 is 1.07 bits per heavy atom. The number of benzene rings is 1. The van der Waals surface area contributed by atoms with E-state index < -0.39 is 17.1 Å². The van der Waals surface area contributed by atoms with Gasteiger partial charge in [0.1, 0.15) is 28.2 Å². The van der Waals surface area contributed by atoms with Crippen LogP contribution < -0.4 is 10.9 Å². The molecule has 1 aliphatic rings. The fourth-order valence-electron chi connectivity index (χ4n) is 4.95. The van der Waals surface area contributed by atoms with Crippen LogP contribution in [0.3, 0.4) is 0 Å². The van der Waals surface area contributed by atoms with Crippen LogP contribution in [0.25, 0.3) is 16.9 Å². The average molecular weight is 580 g/mol. The largest absolute Gasteiger partial charge is 0.444 e. The molecule has 0 saturated heterocycles. The number of hydrogen-bond donors (Lipinski definition) is 1. The number of amides is 1. The lowest BCUT2D eigenvalue weighted by atomic mass is 9.99. The number of aromatic nitrogens is 5. The van der Waals surface area contributed by atoms with Gasteiger partial charge in [0.25, 0.3) is 5.56 Å². The average Bonchev–Trinajstić information content (AvgIpc) is 3.18. The quantitative estimate of drug-likeness (QED) is 0.312. The Balaban J connectivity index is 1.49. The second-order valence-electron chi connectivity index (χ2n) is 12.2. The van der Waals surface area contributed by atoms with E-state index in [9.17, 15) is 18.4 Å². The number of carbonyl (C=O) groups is 1. The number of pyridine rings is 1. The Morgan fingerprint density at radius 3 is 2.48 bits per heavy atom. The summed E-state index contributed by atoms with van der Waals surface area (Å²) in [7, 11) is 0. The van der Waals surface area contributed by atoms with Gasteiger partial charge in [0, 0.05) is 31.0 Å².